The minimum absolute atomic E-state index is 0.512. The molecule has 0 saturated heterocycles. The van der Waals surface area contributed by atoms with Gasteiger partial charge in [-0.25, -0.2) is 0 Å². The molecule has 104 valence electrons. The summed E-state index contributed by atoms with van der Waals surface area (Å²) in [5.74, 6) is 1.30. The highest BCUT2D eigenvalue weighted by molar-refractivity contribution is 7.76. The molecular weight excluding hydrogens is 262 g/mol. The van der Waals surface area contributed by atoms with E-state index in [0.717, 1.165) is 24.2 Å². The van der Waals surface area contributed by atoms with Crippen molar-refractivity contribution >= 4 is 17.3 Å². The van der Waals surface area contributed by atoms with Crippen molar-refractivity contribution in [2.24, 2.45) is 5.92 Å². The van der Waals surface area contributed by atoms with E-state index in [0.29, 0.717) is 12.5 Å². The third kappa shape index (κ3) is 4.08. The summed E-state index contributed by atoms with van der Waals surface area (Å²) in [6.45, 7) is 0.586. The van der Waals surface area contributed by atoms with Gasteiger partial charge in [0.25, 0.3) is 0 Å². The molecule has 1 aromatic rings. The second kappa shape index (κ2) is 6.73. The molecule has 0 heterocycles. The smallest absolute Gasteiger partial charge is 0.118 e. The number of methoxy groups -OCH3 is 1. The molecule has 4 nitrogen and oxygen atoms in total. The maximum absolute atomic E-state index is 11.2. The van der Waals surface area contributed by atoms with Gasteiger partial charge in [-0.3, -0.25) is 4.21 Å². The number of nitrogens with zero attached hydrogens (tertiary/aromatic N) is 1. The maximum atomic E-state index is 11.2. The molecule has 1 saturated carbocycles. The van der Waals surface area contributed by atoms with Gasteiger partial charge in [0.15, 0.2) is 0 Å². The van der Waals surface area contributed by atoms with E-state index in [4.69, 9.17) is 4.74 Å². The van der Waals surface area contributed by atoms with Gasteiger partial charge >= 0.3 is 0 Å². The Kier molecular flexibility index (Phi) is 4.99. The van der Waals surface area contributed by atoms with Crippen molar-refractivity contribution in [2.45, 2.75) is 19.3 Å². The van der Waals surface area contributed by atoms with Gasteiger partial charge in [-0.15, -0.1) is 0 Å². The molecular formula is C14H18NO3S-. The SMILES string of the molecule is COc1ccc(C=CN(CC2CCC2)S(=O)[O-])cc1. The third-order valence-electron chi connectivity index (χ3n) is 3.40. The number of ether oxygens (including phenoxy) is 1. The van der Waals surface area contributed by atoms with Crippen LogP contribution in [0.5, 0.6) is 5.75 Å². The van der Waals surface area contributed by atoms with Crippen molar-refractivity contribution in [3.63, 3.8) is 0 Å². The van der Waals surface area contributed by atoms with Crippen LogP contribution in [0.25, 0.3) is 6.08 Å². The van der Waals surface area contributed by atoms with E-state index < -0.39 is 11.3 Å². The molecule has 5 heteroatoms. The number of rotatable bonds is 6. The average molecular weight is 280 g/mol. The van der Waals surface area contributed by atoms with Crippen LogP contribution in [0.15, 0.2) is 30.5 Å². The summed E-state index contributed by atoms with van der Waals surface area (Å²) in [6, 6.07) is 7.49. The molecule has 0 radical (unpaired) electrons. The summed E-state index contributed by atoms with van der Waals surface area (Å²) < 4.78 is 28.7. The summed E-state index contributed by atoms with van der Waals surface area (Å²) in [6.07, 6.45) is 6.90. The van der Waals surface area contributed by atoms with Crippen LogP contribution in [0.4, 0.5) is 0 Å². The highest BCUT2D eigenvalue weighted by Gasteiger charge is 2.19. The first kappa shape index (κ1) is 14.1. The summed E-state index contributed by atoms with van der Waals surface area (Å²) in [5, 5.41) is 0. The van der Waals surface area contributed by atoms with Gasteiger partial charge < -0.3 is 13.6 Å². The maximum Gasteiger partial charge on any atom is 0.118 e. The molecule has 1 aromatic carbocycles. The quantitative estimate of drug-likeness (QED) is 0.752. The number of hydrogen-bond donors (Lipinski definition) is 0. The fourth-order valence-corrected chi connectivity index (χ4v) is 2.48. The highest BCUT2D eigenvalue weighted by Crippen LogP contribution is 2.27. The Bertz CT molecular complexity index is 454. The van der Waals surface area contributed by atoms with Crippen LogP contribution in [-0.2, 0) is 11.3 Å². The molecule has 0 spiro atoms. The molecule has 0 aliphatic heterocycles. The van der Waals surface area contributed by atoms with Crippen molar-refractivity contribution < 1.29 is 13.5 Å². The van der Waals surface area contributed by atoms with E-state index in [1.165, 1.54) is 10.7 Å². The molecule has 2 rings (SSSR count). The van der Waals surface area contributed by atoms with Gasteiger partial charge in [0.2, 0.25) is 0 Å². The minimum atomic E-state index is -2.20. The van der Waals surface area contributed by atoms with Crippen LogP contribution in [0.2, 0.25) is 0 Å². The highest BCUT2D eigenvalue weighted by atomic mass is 32.2. The van der Waals surface area contributed by atoms with E-state index in [1.54, 1.807) is 19.4 Å². The van der Waals surface area contributed by atoms with Crippen molar-refractivity contribution in [3.05, 3.63) is 36.0 Å². The predicted octanol–water partition coefficient (Wildman–Crippen LogP) is 2.56. The molecule has 0 bridgehead atoms. The summed E-state index contributed by atoms with van der Waals surface area (Å²) in [5.41, 5.74) is 0.949. The zero-order chi connectivity index (χ0) is 13.7. The Labute approximate surface area is 116 Å². The van der Waals surface area contributed by atoms with Crippen molar-refractivity contribution in [1.82, 2.24) is 4.31 Å². The molecule has 1 aliphatic carbocycles. The second-order valence-electron chi connectivity index (χ2n) is 4.70. The third-order valence-corrected chi connectivity index (χ3v) is 4.06. The molecule has 0 amide bonds. The van der Waals surface area contributed by atoms with Crippen LogP contribution in [0, 0.1) is 5.92 Å². The Hall–Kier alpha value is -1.33. The predicted molar refractivity (Wildman–Crippen MR) is 75.0 cm³/mol. The Morgan fingerprint density at radius 1 is 1.42 bits per heavy atom. The van der Waals surface area contributed by atoms with Gasteiger partial charge in [0.1, 0.15) is 5.75 Å². The van der Waals surface area contributed by atoms with Crippen molar-refractivity contribution in [1.29, 1.82) is 0 Å². The van der Waals surface area contributed by atoms with Gasteiger partial charge in [-0.2, -0.15) is 0 Å². The second-order valence-corrected chi connectivity index (χ2v) is 5.61. The van der Waals surface area contributed by atoms with Crippen molar-refractivity contribution in [3.8, 4) is 5.75 Å². The minimum Gasteiger partial charge on any atom is -0.755 e. The average Bonchev–Trinajstić information content (AvgIpc) is 2.37. The van der Waals surface area contributed by atoms with E-state index in [1.807, 2.05) is 24.3 Å². The Morgan fingerprint density at radius 3 is 2.58 bits per heavy atom. The first-order chi connectivity index (χ1) is 9.19. The molecule has 0 aromatic heterocycles. The summed E-state index contributed by atoms with van der Waals surface area (Å²) in [7, 11) is 1.62. The van der Waals surface area contributed by atoms with Crippen LogP contribution in [0.3, 0.4) is 0 Å². The summed E-state index contributed by atoms with van der Waals surface area (Å²) >= 11 is -2.20. The van der Waals surface area contributed by atoms with E-state index >= 15 is 0 Å². The van der Waals surface area contributed by atoms with E-state index in [-0.39, 0.29) is 0 Å². The lowest BCUT2D eigenvalue weighted by Gasteiger charge is -2.32. The molecule has 19 heavy (non-hydrogen) atoms. The van der Waals surface area contributed by atoms with Crippen LogP contribution >= 0.6 is 0 Å². The monoisotopic (exact) mass is 280 g/mol. The fourth-order valence-electron chi connectivity index (χ4n) is 1.99. The zero-order valence-electron chi connectivity index (χ0n) is 11.0. The lowest BCUT2D eigenvalue weighted by Crippen LogP contribution is -2.29. The Balaban J connectivity index is 1.97. The van der Waals surface area contributed by atoms with Gasteiger partial charge in [0.05, 0.1) is 7.11 Å². The van der Waals surface area contributed by atoms with Crippen molar-refractivity contribution in [2.75, 3.05) is 13.7 Å². The molecule has 1 unspecified atom stereocenters. The van der Waals surface area contributed by atoms with Gasteiger partial charge in [-0.05, 0) is 42.5 Å². The van der Waals surface area contributed by atoms with Crippen LogP contribution < -0.4 is 4.74 Å². The first-order valence-electron chi connectivity index (χ1n) is 6.37. The molecule has 1 aliphatic rings. The largest absolute Gasteiger partial charge is 0.755 e. The van der Waals surface area contributed by atoms with Crippen LogP contribution in [-0.4, -0.2) is 26.7 Å². The zero-order valence-corrected chi connectivity index (χ0v) is 11.8. The van der Waals surface area contributed by atoms with Gasteiger partial charge in [-0.1, -0.05) is 18.6 Å². The topological polar surface area (TPSA) is 52.6 Å². The lowest BCUT2D eigenvalue weighted by molar-refractivity contribution is 0.270. The Morgan fingerprint density at radius 2 is 2.11 bits per heavy atom. The standard InChI is InChI=1S/C14H19NO3S/c1-18-14-7-5-12(6-8-14)9-10-15(19(16)17)11-13-3-2-4-13/h5-10,13H,2-4,11H2,1H3,(H,16,17)/p-1. The van der Waals surface area contributed by atoms with E-state index in [2.05, 4.69) is 0 Å². The molecule has 0 N–H and O–H groups in total. The number of hydrogen-bond acceptors (Lipinski definition) is 3. The van der Waals surface area contributed by atoms with E-state index in [9.17, 15) is 8.76 Å². The first-order valence-corrected chi connectivity index (χ1v) is 7.40. The fraction of sp³-hybridized carbons (Fsp3) is 0.429. The number of benzene rings is 1. The van der Waals surface area contributed by atoms with Crippen LogP contribution in [0.1, 0.15) is 24.8 Å². The molecule has 1 atom stereocenters. The normalized spacial score (nSPS) is 17.2. The molecule has 1 fully saturated rings. The lowest BCUT2D eigenvalue weighted by atomic mass is 9.85. The van der Waals surface area contributed by atoms with Gasteiger partial charge in [0, 0.05) is 24.0 Å². The summed E-state index contributed by atoms with van der Waals surface area (Å²) in [4.78, 5) is 0.